The van der Waals surface area contributed by atoms with Gasteiger partial charge in [0.25, 0.3) is 0 Å². The summed E-state index contributed by atoms with van der Waals surface area (Å²) in [4.78, 5) is 16.7. The Kier molecular flexibility index (Phi) is 3.83. The van der Waals surface area contributed by atoms with Crippen molar-refractivity contribution in [2.45, 2.75) is 13.0 Å². The van der Waals surface area contributed by atoms with Crippen molar-refractivity contribution in [2.24, 2.45) is 0 Å². The standard InChI is InChI=1S/C16H17N3O2/c1-11-6-7-17-14(10-11)19-16(20)15-12-4-2-3-5-13(12)21-9-8-18-15/h2-7,10,15,18H,8-9H2,1H3,(H,17,19,20). The number of amides is 1. The molecule has 0 radical (unpaired) electrons. The number of nitrogens with one attached hydrogen (secondary N) is 2. The number of carbonyl (C=O) groups is 1. The lowest BCUT2D eigenvalue weighted by molar-refractivity contribution is -0.118. The number of carbonyl (C=O) groups excluding carboxylic acids is 1. The molecule has 1 unspecified atom stereocenters. The number of para-hydroxylation sites is 1. The minimum absolute atomic E-state index is 0.133. The molecule has 0 spiro atoms. The number of aryl methyl sites for hydroxylation is 1. The number of pyridine rings is 1. The maximum absolute atomic E-state index is 12.5. The van der Waals surface area contributed by atoms with Crippen molar-refractivity contribution in [3.63, 3.8) is 0 Å². The second-order valence-electron chi connectivity index (χ2n) is 4.98. The van der Waals surface area contributed by atoms with Crippen molar-refractivity contribution >= 4 is 11.7 Å². The summed E-state index contributed by atoms with van der Waals surface area (Å²) >= 11 is 0. The predicted molar refractivity (Wildman–Crippen MR) is 80.3 cm³/mol. The van der Waals surface area contributed by atoms with E-state index in [1.165, 1.54) is 0 Å². The summed E-state index contributed by atoms with van der Waals surface area (Å²) in [6.45, 7) is 3.13. The van der Waals surface area contributed by atoms with Gasteiger partial charge in [-0.05, 0) is 30.7 Å². The zero-order chi connectivity index (χ0) is 14.7. The van der Waals surface area contributed by atoms with Crippen LogP contribution in [0.2, 0.25) is 0 Å². The first-order chi connectivity index (χ1) is 10.2. The Morgan fingerprint density at radius 3 is 3.10 bits per heavy atom. The summed E-state index contributed by atoms with van der Waals surface area (Å²) in [6, 6.07) is 10.9. The Balaban J connectivity index is 1.84. The van der Waals surface area contributed by atoms with Crippen molar-refractivity contribution < 1.29 is 9.53 Å². The second kappa shape index (κ2) is 5.93. The number of rotatable bonds is 2. The largest absolute Gasteiger partial charge is 0.492 e. The molecular weight excluding hydrogens is 266 g/mol. The van der Waals surface area contributed by atoms with E-state index < -0.39 is 6.04 Å². The molecule has 5 heteroatoms. The third-order valence-corrected chi connectivity index (χ3v) is 3.37. The first kappa shape index (κ1) is 13.6. The molecule has 108 valence electrons. The molecule has 1 aliphatic heterocycles. The van der Waals surface area contributed by atoms with Gasteiger partial charge >= 0.3 is 0 Å². The Labute approximate surface area is 123 Å². The molecule has 2 aromatic rings. The maximum Gasteiger partial charge on any atom is 0.247 e. The molecule has 0 aliphatic carbocycles. The van der Waals surface area contributed by atoms with Gasteiger partial charge in [-0.1, -0.05) is 18.2 Å². The van der Waals surface area contributed by atoms with Crippen molar-refractivity contribution in [1.29, 1.82) is 0 Å². The first-order valence-electron chi connectivity index (χ1n) is 6.93. The van der Waals surface area contributed by atoms with Crippen molar-refractivity contribution in [2.75, 3.05) is 18.5 Å². The molecule has 0 fully saturated rings. The molecule has 0 saturated carbocycles. The fourth-order valence-corrected chi connectivity index (χ4v) is 2.36. The van der Waals surface area contributed by atoms with Gasteiger partial charge in [-0.2, -0.15) is 0 Å². The highest BCUT2D eigenvalue weighted by Crippen LogP contribution is 2.27. The average molecular weight is 283 g/mol. The SMILES string of the molecule is Cc1ccnc(NC(=O)C2NCCOc3ccccc32)c1. The molecule has 21 heavy (non-hydrogen) atoms. The number of nitrogens with zero attached hydrogens (tertiary/aromatic N) is 1. The number of aromatic nitrogens is 1. The van der Waals surface area contributed by atoms with Crippen LogP contribution in [0, 0.1) is 6.92 Å². The number of fused-ring (bicyclic) bond motifs is 1. The molecule has 1 aliphatic rings. The van der Waals surface area contributed by atoms with Gasteiger partial charge in [0, 0.05) is 18.3 Å². The van der Waals surface area contributed by atoms with Crippen LogP contribution in [0.4, 0.5) is 5.82 Å². The minimum atomic E-state index is -0.439. The molecule has 2 N–H and O–H groups in total. The third-order valence-electron chi connectivity index (χ3n) is 3.37. The smallest absolute Gasteiger partial charge is 0.247 e. The molecule has 0 saturated heterocycles. The fourth-order valence-electron chi connectivity index (χ4n) is 2.36. The van der Waals surface area contributed by atoms with Crippen molar-refractivity contribution in [3.05, 3.63) is 53.7 Å². The van der Waals surface area contributed by atoms with Gasteiger partial charge < -0.3 is 10.1 Å². The van der Waals surface area contributed by atoms with Crippen LogP contribution >= 0.6 is 0 Å². The molecule has 2 heterocycles. The van der Waals surface area contributed by atoms with Crippen LogP contribution in [0.15, 0.2) is 42.6 Å². The van der Waals surface area contributed by atoms with Gasteiger partial charge in [0.05, 0.1) is 0 Å². The Morgan fingerprint density at radius 1 is 1.38 bits per heavy atom. The quantitative estimate of drug-likeness (QED) is 0.885. The number of hydrogen-bond donors (Lipinski definition) is 2. The van der Waals surface area contributed by atoms with E-state index in [9.17, 15) is 4.79 Å². The predicted octanol–water partition coefficient (Wildman–Crippen LogP) is 2.05. The Morgan fingerprint density at radius 2 is 2.24 bits per heavy atom. The number of hydrogen-bond acceptors (Lipinski definition) is 4. The Hall–Kier alpha value is -2.40. The Bertz CT molecular complexity index is 657. The topological polar surface area (TPSA) is 63.2 Å². The number of anilines is 1. The van der Waals surface area contributed by atoms with E-state index in [1.807, 2.05) is 43.3 Å². The normalized spacial score (nSPS) is 17.3. The molecule has 1 aromatic carbocycles. The summed E-state index contributed by atoms with van der Waals surface area (Å²) in [5.41, 5.74) is 1.90. The van der Waals surface area contributed by atoms with Crippen LogP contribution in [-0.2, 0) is 4.79 Å². The van der Waals surface area contributed by atoms with Gasteiger partial charge in [-0.3, -0.25) is 10.1 Å². The van der Waals surface area contributed by atoms with Crippen molar-refractivity contribution in [3.8, 4) is 5.75 Å². The number of benzene rings is 1. The lowest BCUT2D eigenvalue weighted by atomic mass is 10.1. The zero-order valence-electron chi connectivity index (χ0n) is 11.8. The highest BCUT2D eigenvalue weighted by molar-refractivity contribution is 5.95. The van der Waals surface area contributed by atoms with Crippen molar-refractivity contribution in [1.82, 2.24) is 10.3 Å². The van der Waals surface area contributed by atoms with Crippen LogP contribution in [0.3, 0.4) is 0 Å². The van der Waals surface area contributed by atoms with E-state index in [0.29, 0.717) is 19.0 Å². The summed E-state index contributed by atoms with van der Waals surface area (Å²) in [7, 11) is 0. The van der Waals surface area contributed by atoms with E-state index in [-0.39, 0.29) is 5.91 Å². The summed E-state index contributed by atoms with van der Waals surface area (Å²) in [5, 5.41) is 6.06. The molecule has 1 atom stereocenters. The van der Waals surface area contributed by atoms with Gasteiger partial charge in [0.1, 0.15) is 24.2 Å². The first-order valence-corrected chi connectivity index (χ1v) is 6.93. The highest BCUT2D eigenvalue weighted by atomic mass is 16.5. The molecule has 1 aromatic heterocycles. The van der Waals surface area contributed by atoms with Gasteiger partial charge in [-0.15, -0.1) is 0 Å². The van der Waals surface area contributed by atoms with E-state index >= 15 is 0 Å². The van der Waals surface area contributed by atoms with Crippen LogP contribution in [-0.4, -0.2) is 24.0 Å². The number of ether oxygens (including phenoxy) is 1. The van der Waals surface area contributed by atoms with Crippen LogP contribution < -0.4 is 15.4 Å². The lowest BCUT2D eigenvalue weighted by Crippen LogP contribution is -2.33. The fraction of sp³-hybridized carbons (Fsp3) is 0.250. The maximum atomic E-state index is 12.5. The van der Waals surface area contributed by atoms with Crippen LogP contribution in [0.5, 0.6) is 5.75 Å². The molecular formula is C16H17N3O2. The van der Waals surface area contributed by atoms with E-state index in [4.69, 9.17) is 4.74 Å². The zero-order valence-corrected chi connectivity index (χ0v) is 11.8. The lowest BCUT2D eigenvalue weighted by Gasteiger charge is -2.17. The van der Waals surface area contributed by atoms with Crippen LogP contribution in [0.25, 0.3) is 0 Å². The molecule has 0 bridgehead atoms. The van der Waals surface area contributed by atoms with E-state index in [0.717, 1.165) is 16.9 Å². The van der Waals surface area contributed by atoms with Gasteiger partial charge in [0.2, 0.25) is 5.91 Å². The average Bonchev–Trinajstić information content (AvgIpc) is 2.69. The second-order valence-corrected chi connectivity index (χ2v) is 4.98. The summed E-state index contributed by atoms with van der Waals surface area (Å²) in [6.07, 6.45) is 1.68. The highest BCUT2D eigenvalue weighted by Gasteiger charge is 2.25. The van der Waals surface area contributed by atoms with Crippen LogP contribution in [0.1, 0.15) is 17.2 Å². The molecule has 1 amide bonds. The monoisotopic (exact) mass is 283 g/mol. The van der Waals surface area contributed by atoms with Gasteiger partial charge in [-0.25, -0.2) is 4.98 Å². The summed E-state index contributed by atoms with van der Waals surface area (Å²) < 4.78 is 5.64. The minimum Gasteiger partial charge on any atom is -0.492 e. The van der Waals surface area contributed by atoms with Gasteiger partial charge in [0.15, 0.2) is 0 Å². The van der Waals surface area contributed by atoms with E-state index in [1.54, 1.807) is 6.20 Å². The summed E-state index contributed by atoms with van der Waals surface area (Å²) in [5.74, 6) is 1.18. The molecule has 5 nitrogen and oxygen atoms in total. The third kappa shape index (κ3) is 3.03. The molecule has 3 rings (SSSR count). The van der Waals surface area contributed by atoms with E-state index in [2.05, 4.69) is 15.6 Å².